The Kier molecular flexibility index (Phi) is 5.63. The smallest absolute Gasteiger partial charge is 0.317 e. The van der Waals surface area contributed by atoms with E-state index in [0.29, 0.717) is 19.5 Å². The van der Waals surface area contributed by atoms with E-state index >= 15 is 0 Å². The van der Waals surface area contributed by atoms with Crippen LogP contribution >= 0.6 is 0 Å². The summed E-state index contributed by atoms with van der Waals surface area (Å²) >= 11 is 0. The van der Waals surface area contributed by atoms with Crippen molar-refractivity contribution in [1.82, 2.24) is 20.0 Å². The normalized spacial score (nSPS) is 10.5. The van der Waals surface area contributed by atoms with Gasteiger partial charge >= 0.3 is 6.03 Å². The number of nitrogens with one attached hydrogen (secondary N) is 1. The minimum Gasteiger partial charge on any atom is -0.338 e. The number of rotatable bonds is 6. The van der Waals surface area contributed by atoms with E-state index < -0.39 is 0 Å². The van der Waals surface area contributed by atoms with Crippen LogP contribution in [0.25, 0.3) is 5.69 Å². The number of nitrogens with zero attached hydrogens (tertiary/aromatic N) is 3. The van der Waals surface area contributed by atoms with Crippen molar-refractivity contribution in [3.63, 3.8) is 0 Å². The summed E-state index contributed by atoms with van der Waals surface area (Å²) in [6, 6.07) is 15.9. The molecule has 0 aliphatic carbocycles. The van der Waals surface area contributed by atoms with Crippen LogP contribution < -0.4 is 5.32 Å². The molecule has 0 unspecified atom stereocenters. The Balaban J connectivity index is 1.47. The van der Waals surface area contributed by atoms with Crippen molar-refractivity contribution in [2.45, 2.75) is 13.0 Å². The zero-order valence-electron chi connectivity index (χ0n) is 14.6. The van der Waals surface area contributed by atoms with Gasteiger partial charge in [0.1, 0.15) is 5.82 Å². The molecule has 1 heterocycles. The highest BCUT2D eigenvalue weighted by Gasteiger charge is 2.09. The van der Waals surface area contributed by atoms with Crippen LogP contribution in [0.4, 0.5) is 9.18 Å². The molecule has 1 N–H and O–H groups in total. The van der Waals surface area contributed by atoms with E-state index in [1.165, 1.54) is 17.0 Å². The number of para-hydroxylation sites is 1. The summed E-state index contributed by atoms with van der Waals surface area (Å²) in [4.78, 5) is 13.7. The third-order valence-corrected chi connectivity index (χ3v) is 4.00. The Morgan fingerprint density at radius 2 is 1.96 bits per heavy atom. The fourth-order valence-corrected chi connectivity index (χ4v) is 2.64. The largest absolute Gasteiger partial charge is 0.338 e. The first-order chi connectivity index (χ1) is 12.6. The molecule has 0 fully saturated rings. The summed E-state index contributed by atoms with van der Waals surface area (Å²) in [5.41, 5.74) is 2.80. The molecule has 0 spiro atoms. The topological polar surface area (TPSA) is 50.2 Å². The monoisotopic (exact) mass is 352 g/mol. The van der Waals surface area contributed by atoms with Gasteiger partial charge in [-0.3, -0.25) is 0 Å². The lowest BCUT2D eigenvalue weighted by atomic mass is 10.2. The Bertz CT molecular complexity index is 863. The number of hydrogen-bond acceptors (Lipinski definition) is 2. The van der Waals surface area contributed by atoms with Crippen LogP contribution in [-0.2, 0) is 13.0 Å². The predicted molar refractivity (Wildman–Crippen MR) is 98.5 cm³/mol. The number of benzene rings is 2. The Morgan fingerprint density at radius 1 is 1.15 bits per heavy atom. The first-order valence-corrected chi connectivity index (χ1v) is 8.44. The second-order valence-electron chi connectivity index (χ2n) is 6.10. The number of carbonyl (C=O) groups excluding carboxylic acids is 1. The SMILES string of the molecule is CN(Cc1cccc(F)c1)C(=O)NCCc1cnn(-c2ccccc2)c1. The molecule has 1 aromatic heterocycles. The lowest BCUT2D eigenvalue weighted by Gasteiger charge is -2.18. The zero-order chi connectivity index (χ0) is 18.4. The van der Waals surface area contributed by atoms with Gasteiger partial charge in [-0.05, 0) is 41.8 Å². The van der Waals surface area contributed by atoms with E-state index in [9.17, 15) is 9.18 Å². The second kappa shape index (κ2) is 8.29. The number of amides is 2. The molecule has 2 amide bonds. The van der Waals surface area contributed by atoms with Crippen molar-refractivity contribution in [2.24, 2.45) is 0 Å². The highest BCUT2D eigenvalue weighted by Crippen LogP contribution is 2.08. The van der Waals surface area contributed by atoms with Gasteiger partial charge in [0.05, 0.1) is 11.9 Å². The molecule has 0 atom stereocenters. The van der Waals surface area contributed by atoms with Crippen molar-refractivity contribution >= 4 is 6.03 Å². The van der Waals surface area contributed by atoms with Crippen LogP contribution in [0.5, 0.6) is 0 Å². The summed E-state index contributed by atoms with van der Waals surface area (Å²) in [5, 5.41) is 7.21. The molecule has 134 valence electrons. The fourth-order valence-electron chi connectivity index (χ4n) is 2.64. The number of halogens is 1. The quantitative estimate of drug-likeness (QED) is 0.739. The van der Waals surface area contributed by atoms with E-state index in [4.69, 9.17) is 0 Å². The number of hydrogen-bond donors (Lipinski definition) is 1. The molecule has 0 saturated heterocycles. The van der Waals surface area contributed by atoms with Crippen LogP contribution in [0.1, 0.15) is 11.1 Å². The van der Waals surface area contributed by atoms with Gasteiger partial charge in [-0.1, -0.05) is 30.3 Å². The molecule has 3 aromatic rings. The van der Waals surface area contributed by atoms with E-state index in [0.717, 1.165) is 16.8 Å². The summed E-state index contributed by atoms with van der Waals surface area (Å²) in [7, 11) is 1.69. The van der Waals surface area contributed by atoms with E-state index in [1.807, 2.05) is 41.2 Å². The Hall–Kier alpha value is -3.15. The van der Waals surface area contributed by atoms with Crippen LogP contribution in [0.3, 0.4) is 0 Å². The minimum atomic E-state index is -0.299. The molecule has 0 aliphatic rings. The molecule has 5 nitrogen and oxygen atoms in total. The summed E-state index contributed by atoms with van der Waals surface area (Å²) in [5.74, 6) is -0.299. The Labute approximate surface area is 152 Å². The highest BCUT2D eigenvalue weighted by molar-refractivity contribution is 5.73. The number of carbonyl (C=O) groups is 1. The summed E-state index contributed by atoms with van der Waals surface area (Å²) < 4.78 is 15.0. The van der Waals surface area contributed by atoms with Crippen molar-refractivity contribution in [3.05, 3.63) is 83.9 Å². The van der Waals surface area contributed by atoms with Gasteiger partial charge in [0.25, 0.3) is 0 Å². The molecule has 0 bridgehead atoms. The first kappa shape index (κ1) is 17.7. The van der Waals surface area contributed by atoms with Crippen molar-refractivity contribution in [1.29, 1.82) is 0 Å². The van der Waals surface area contributed by atoms with Crippen LogP contribution in [0.15, 0.2) is 67.0 Å². The molecule has 6 heteroatoms. The summed E-state index contributed by atoms with van der Waals surface area (Å²) in [6.45, 7) is 0.863. The van der Waals surface area contributed by atoms with E-state index in [2.05, 4.69) is 10.4 Å². The van der Waals surface area contributed by atoms with Crippen molar-refractivity contribution < 1.29 is 9.18 Å². The standard InChI is InChI=1S/C20H21FN4O/c1-24(14-16-6-5-7-18(21)12-16)20(26)22-11-10-17-13-23-25(15-17)19-8-3-2-4-9-19/h2-9,12-13,15H,10-11,14H2,1H3,(H,22,26). The van der Waals surface area contributed by atoms with Gasteiger partial charge in [0, 0.05) is 26.3 Å². The van der Waals surface area contributed by atoms with Crippen molar-refractivity contribution in [3.8, 4) is 5.69 Å². The molecule has 26 heavy (non-hydrogen) atoms. The third-order valence-electron chi connectivity index (χ3n) is 4.00. The van der Waals surface area contributed by atoms with Gasteiger partial charge in [0.2, 0.25) is 0 Å². The molecular weight excluding hydrogens is 331 g/mol. The third kappa shape index (κ3) is 4.69. The van der Waals surface area contributed by atoms with Crippen LogP contribution in [0.2, 0.25) is 0 Å². The summed E-state index contributed by atoms with van der Waals surface area (Å²) in [6.07, 6.45) is 4.44. The highest BCUT2D eigenvalue weighted by atomic mass is 19.1. The maximum absolute atomic E-state index is 13.2. The molecule has 0 aliphatic heterocycles. The predicted octanol–water partition coefficient (Wildman–Crippen LogP) is 3.40. The van der Waals surface area contributed by atoms with Crippen molar-refractivity contribution in [2.75, 3.05) is 13.6 Å². The average molecular weight is 352 g/mol. The zero-order valence-corrected chi connectivity index (χ0v) is 14.6. The maximum Gasteiger partial charge on any atom is 0.317 e. The fraction of sp³-hybridized carbons (Fsp3) is 0.200. The Morgan fingerprint density at radius 3 is 2.73 bits per heavy atom. The van der Waals surface area contributed by atoms with Gasteiger partial charge < -0.3 is 10.2 Å². The van der Waals surface area contributed by atoms with E-state index in [-0.39, 0.29) is 11.8 Å². The van der Waals surface area contributed by atoms with Gasteiger partial charge in [-0.2, -0.15) is 5.10 Å². The molecule has 0 saturated carbocycles. The van der Waals surface area contributed by atoms with Gasteiger partial charge in [-0.15, -0.1) is 0 Å². The van der Waals surface area contributed by atoms with Crippen LogP contribution in [0, 0.1) is 5.82 Å². The van der Waals surface area contributed by atoms with Gasteiger partial charge in [0.15, 0.2) is 0 Å². The minimum absolute atomic E-state index is 0.190. The maximum atomic E-state index is 13.2. The number of urea groups is 1. The lowest BCUT2D eigenvalue weighted by molar-refractivity contribution is 0.207. The molecule has 3 rings (SSSR count). The van der Waals surface area contributed by atoms with Gasteiger partial charge in [-0.25, -0.2) is 13.9 Å². The molecular formula is C20H21FN4O. The van der Waals surface area contributed by atoms with Crippen LogP contribution in [-0.4, -0.2) is 34.3 Å². The molecule has 0 radical (unpaired) electrons. The van der Waals surface area contributed by atoms with E-state index in [1.54, 1.807) is 25.4 Å². The molecule has 2 aromatic carbocycles. The second-order valence-corrected chi connectivity index (χ2v) is 6.10. The number of aromatic nitrogens is 2. The first-order valence-electron chi connectivity index (χ1n) is 8.44. The lowest BCUT2D eigenvalue weighted by Crippen LogP contribution is -2.37. The average Bonchev–Trinajstić information content (AvgIpc) is 3.11.